The van der Waals surface area contributed by atoms with Crippen LogP contribution in [0.2, 0.25) is 0 Å². The Morgan fingerprint density at radius 3 is 2.94 bits per heavy atom. The van der Waals surface area contributed by atoms with Gasteiger partial charge in [0.05, 0.1) is 11.9 Å². The van der Waals surface area contributed by atoms with E-state index >= 15 is 0 Å². The third-order valence-electron chi connectivity index (χ3n) is 1.97. The van der Waals surface area contributed by atoms with Gasteiger partial charge in [0.15, 0.2) is 0 Å². The maximum absolute atomic E-state index is 11.5. The number of nitrogens with one attached hydrogen (secondary N) is 3. The van der Waals surface area contributed by atoms with Gasteiger partial charge in [-0.25, -0.2) is 9.59 Å². The molecule has 1 rings (SSSR count). The maximum Gasteiger partial charge on any atom is 0.326 e. The summed E-state index contributed by atoms with van der Waals surface area (Å²) >= 11 is 1.53. The first kappa shape index (κ1) is 13.4. The zero-order chi connectivity index (χ0) is 12.7. The lowest BCUT2D eigenvalue weighted by Crippen LogP contribution is -2.43. The van der Waals surface area contributed by atoms with Gasteiger partial charge in [-0.3, -0.25) is 5.10 Å². The Morgan fingerprint density at radius 1 is 1.65 bits per heavy atom. The third kappa shape index (κ3) is 4.77. The first-order valence-corrected chi connectivity index (χ1v) is 6.31. The molecule has 94 valence electrons. The van der Waals surface area contributed by atoms with Crippen molar-refractivity contribution in [1.29, 1.82) is 0 Å². The summed E-state index contributed by atoms with van der Waals surface area (Å²) in [6.07, 6.45) is 5.19. The van der Waals surface area contributed by atoms with Crippen LogP contribution in [-0.2, 0) is 4.79 Å². The molecule has 4 N–H and O–H groups in total. The minimum absolute atomic E-state index is 0.384. The Hall–Kier alpha value is -1.70. The number of carbonyl (C=O) groups is 2. The van der Waals surface area contributed by atoms with Gasteiger partial charge in [0.25, 0.3) is 0 Å². The van der Waals surface area contributed by atoms with Crippen LogP contribution in [0.25, 0.3) is 0 Å². The number of amides is 2. The predicted molar refractivity (Wildman–Crippen MR) is 65.2 cm³/mol. The van der Waals surface area contributed by atoms with Crippen molar-refractivity contribution < 1.29 is 14.7 Å². The number of aliphatic carboxylic acids is 1. The van der Waals surface area contributed by atoms with Crippen molar-refractivity contribution in [3.8, 4) is 0 Å². The second-order valence-corrected chi connectivity index (χ2v) is 4.24. The molecule has 0 spiro atoms. The molecular formula is C9H14N4O3S. The van der Waals surface area contributed by atoms with Crippen LogP contribution in [0.4, 0.5) is 10.5 Å². The van der Waals surface area contributed by atoms with Gasteiger partial charge in [-0.05, 0) is 18.4 Å². The number of urea groups is 1. The van der Waals surface area contributed by atoms with Crippen molar-refractivity contribution in [2.75, 3.05) is 17.3 Å². The number of anilines is 1. The van der Waals surface area contributed by atoms with Crippen LogP contribution < -0.4 is 10.6 Å². The minimum atomic E-state index is -1.04. The molecule has 0 bridgehead atoms. The number of nitrogens with zero attached hydrogens (tertiary/aromatic N) is 1. The highest BCUT2D eigenvalue weighted by molar-refractivity contribution is 7.98. The number of aromatic amines is 1. The molecule has 17 heavy (non-hydrogen) atoms. The van der Waals surface area contributed by atoms with Crippen LogP contribution in [-0.4, -0.2) is 45.4 Å². The lowest BCUT2D eigenvalue weighted by Gasteiger charge is -2.13. The van der Waals surface area contributed by atoms with Crippen molar-refractivity contribution in [3.05, 3.63) is 12.4 Å². The molecule has 1 aromatic heterocycles. The number of hydrogen-bond donors (Lipinski definition) is 4. The fourth-order valence-electron chi connectivity index (χ4n) is 1.14. The highest BCUT2D eigenvalue weighted by Crippen LogP contribution is 2.03. The van der Waals surface area contributed by atoms with E-state index in [0.29, 0.717) is 17.9 Å². The molecule has 0 radical (unpaired) electrons. The van der Waals surface area contributed by atoms with Gasteiger partial charge in [-0.2, -0.15) is 16.9 Å². The molecule has 0 aromatic carbocycles. The molecule has 0 saturated heterocycles. The van der Waals surface area contributed by atoms with Crippen molar-refractivity contribution in [2.45, 2.75) is 12.5 Å². The SMILES string of the molecule is CSCCC(NC(=O)Nc1cn[nH]c1)C(=O)O. The topological polar surface area (TPSA) is 107 Å². The Bertz CT molecular complexity index is 368. The van der Waals surface area contributed by atoms with Crippen LogP contribution in [0.5, 0.6) is 0 Å². The number of carboxylic acids is 1. The van der Waals surface area contributed by atoms with Crippen molar-refractivity contribution >= 4 is 29.4 Å². The van der Waals surface area contributed by atoms with Gasteiger partial charge in [-0.15, -0.1) is 0 Å². The van der Waals surface area contributed by atoms with Crippen LogP contribution in [0, 0.1) is 0 Å². The molecule has 0 aliphatic heterocycles. The van der Waals surface area contributed by atoms with E-state index in [4.69, 9.17) is 5.11 Å². The van der Waals surface area contributed by atoms with Crippen molar-refractivity contribution in [2.24, 2.45) is 0 Å². The van der Waals surface area contributed by atoms with E-state index in [1.165, 1.54) is 24.2 Å². The molecule has 1 aromatic rings. The summed E-state index contributed by atoms with van der Waals surface area (Å²) in [6.45, 7) is 0. The van der Waals surface area contributed by atoms with E-state index in [9.17, 15) is 9.59 Å². The molecule has 0 aliphatic carbocycles. The summed E-state index contributed by atoms with van der Waals surface area (Å²) in [5, 5.41) is 19.9. The normalized spacial score (nSPS) is 11.8. The number of carboxylic acid groups (broad SMARTS) is 1. The van der Waals surface area contributed by atoms with Crippen LogP contribution >= 0.6 is 11.8 Å². The second kappa shape index (κ2) is 6.79. The van der Waals surface area contributed by atoms with Gasteiger partial charge in [0.1, 0.15) is 6.04 Å². The van der Waals surface area contributed by atoms with Crippen LogP contribution in [0.3, 0.4) is 0 Å². The van der Waals surface area contributed by atoms with Crippen LogP contribution in [0.15, 0.2) is 12.4 Å². The fourth-order valence-corrected chi connectivity index (χ4v) is 1.61. The molecular weight excluding hydrogens is 244 g/mol. The molecule has 1 unspecified atom stereocenters. The van der Waals surface area contributed by atoms with E-state index in [0.717, 1.165) is 0 Å². The zero-order valence-electron chi connectivity index (χ0n) is 9.27. The van der Waals surface area contributed by atoms with Gasteiger partial charge < -0.3 is 15.7 Å². The Balaban J connectivity index is 2.43. The van der Waals surface area contributed by atoms with Crippen LogP contribution in [0.1, 0.15) is 6.42 Å². The molecule has 0 saturated carbocycles. The number of H-pyrrole nitrogens is 1. The smallest absolute Gasteiger partial charge is 0.326 e. The maximum atomic E-state index is 11.5. The molecule has 2 amide bonds. The molecule has 0 fully saturated rings. The summed E-state index contributed by atoms with van der Waals surface area (Å²) in [6, 6.07) is -1.44. The number of thioether (sulfide) groups is 1. The van der Waals surface area contributed by atoms with Gasteiger partial charge in [0, 0.05) is 6.20 Å². The monoisotopic (exact) mass is 258 g/mol. The van der Waals surface area contributed by atoms with Gasteiger partial charge >= 0.3 is 12.0 Å². The second-order valence-electron chi connectivity index (χ2n) is 3.26. The fraction of sp³-hybridized carbons (Fsp3) is 0.444. The van der Waals surface area contributed by atoms with E-state index in [2.05, 4.69) is 20.8 Å². The predicted octanol–water partition coefficient (Wildman–Crippen LogP) is 0.737. The first-order chi connectivity index (χ1) is 8.13. The quantitative estimate of drug-likeness (QED) is 0.602. The average molecular weight is 258 g/mol. The first-order valence-electron chi connectivity index (χ1n) is 4.91. The lowest BCUT2D eigenvalue weighted by atomic mass is 10.2. The lowest BCUT2D eigenvalue weighted by molar-refractivity contribution is -0.139. The minimum Gasteiger partial charge on any atom is -0.480 e. The van der Waals surface area contributed by atoms with E-state index in [1.807, 2.05) is 6.26 Å². The summed E-state index contributed by atoms with van der Waals surface area (Å²) in [5.74, 6) is -0.371. The summed E-state index contributed by atoms with van der Waals surface area (Å²) in [4.78, 5) is 22.3. The highest BCUT2D eigenvalue weighted by Gasteiger charge is 2.19. The van der Waals surface area contributed by atoms with Crippen molar-refractivity contribution in [1.82, 2.24) is 15.5 Å². The standard InChI is InChI=1S/C9H14N4O3S/c1-17-3-2-7(8(14)15)13-9(16)12-6-4-10-11-5-6/h4-5,7H,2-3H2,1H3,(H,10,11)(H,14,15)(H2,12,13,16). The Labute approximate surface area is 102 Å². The van der Waals surface area contributed by atoms with Crippen molar-refractivity contribution in [3.63, 3.8) is 0 Å². The molecule has 1 heterocycles. The highest BCUT2D eigenvalue weighted by atomic mass is 32.2. The summed E-state index contributed by atoms with van der Waals surface area (Å²) < 4.78 is 0. The van der Waals surface area contributed by atoms with E-state index in [1.54, 1.807) is 0 Å². The number of rotatable bonds is 6. The molecule has 8 heteroatoms. The summed E-state index contributed by atoms with van der Waals surface area (Å²) in [7, 11) is 0. The largest absolute Gasteiger partial charge is 0.480 e. The number of aromatic nitrogens is 2. The number of carbonyl (C=O) groups excluding carboxylic acids is 1. The number of hydrogen-bond acceptors (Lipinski definition) is 4. The van der Waals surface area contributed by atoms with E-state index in [-0.39, 0.29) is 0 Å². The molecule has 7 nitrogen and oxygen atoms in total. The summed E-state index contributed by atoms with van der Waals surface area (Å²) in [5.41, 5.74) is 0.483. The molecule has 1 atom stereocenters. The molecule has 0 aliphatic rings. The van der Waals surface area contributed by atoms with Gasteiger partial charge in [0.2, 0.25) is 0 Å². The van der Waals surface area contributed by atoms with Gasteiger partial charge in [-0.1, -0.05) is 0 Å². The zero-order valence-corrected chi connectivity index (χ0v) is 10.1. The Morgan fingerprint density at radius 2 is 2.41 bits per heavy atom. The Kier molecular flexibility index (Phi) is 5.34. The average Bonchev–Trinajstić information content (AvgIpc) is 2.76. The third-order valence-corrected chi connectivity index (χ3v) is 2.61. The van der Waals surface area contributed by atoms with E-state index < -0.39 is 18.0 Å².